The van der Waals surface area contributed by atoms with Gasteiger partial charge in [-0.2, -0.15) is 0 Å². The molecule has 1 saturated heterocycles. The van der Waals surface area contributed by atoms with Gasteiger partial charge in [0.15, 0.2) is 0 Å². The highest BCUT2D eigenvalue weighted by molar-refractivity contribution is 7.89. The number of sulfonamides is 1. The lowest BCUT2D eigenvalue weighted by atomic mass is 9.96. The SMILES string of the molecule is CCS(=O)(=O)N[C@H]1[C@@H](F)CN(C(=O)O)[C@H]1Cc1cccc(-c2ccccc2)c1F. The van der Waals surface area contributed by atoms with E-state index >= 15 is 4.39 Å². The van der Waals surface area contributed by atoms with Crippen LogP contribution in [0.3, 0.4) is 0 Å². The number of hydrogen-bond donors (Lipinski definition) is 2. The minimum absolute atomic E-state index is 0.157. The zero-order chi connectivity index (χ0) is 21.2. The summed E-state index contributed by atoms with van der Waals surface area (Å²) in [5.41, 5.74) is 1.18. The van der Waals surface area contributed by atoms with E-state index in [-0.39, 0.29) is 17.7 Å². The molecule has 3 atom stereocenters. The average molecular weight is 424 g/mol. The molecule has 0 aromatic heterocycles. The number of likely N-dealkylation sites (tertiary alicyclic amines) is 1. The summed E-state index contributed by atoms with van der Waals surface area (Å²) in [7, 11) is -3.77. The fourth-order valence-electron chi connectivity index (χ4n) is 3.58. The first-order valence-corrected chi connectivity index (χ1v) is 10.8. The zero-order valence-corrected chi connectivity index (χ0v) is 16.6. The van der Waals surface area contributed by atoms with Gasteiger partial charge in [-0.1, -0.05) is 48.5 Å². The predicted octanol–water partition coefficient (Wildman–Crippen LogP) is 3.04. The summed E-state index contributed by atoms with van der Waals surface area (Å²) in [4.78, 5) is 12.4. The second-order valence-corrected chi connectivity index (χ2v) is 8.96. The van der Waals surface area contributed by atoms with Crippen LogP contribution in [0.5, 0.6) is 0 Å². The van der Waals surface area contributed by atoms with Crippen LogP contribution in [0, 0.1) is 5.82 Å². The largest absolute Gasteiger partial charge is 0.465 e. The quantitative estimate of drug-likeness (QED) is 0.746. The van der Waals surface area contributed by atoms with Gasteiger partial charge in [-0.15, -0.1) is 0 Å². The number of nitrogens with one attached hydrogen (secondary N) is 1. The lowest BCUT2D eigenvalue weighted by Crippen LogP contribution is -2.50. The molecule has 0 aliphatic carbocycles. The number of carbonyl (C=O) groups is 1. The van der Waals surface area contributed by atoms with Gasteiger partial charge < -0.3 is 10.0 Å². The molecule has 2 aromatic carbocycles. The molecule has 0 spiro atoms. The van der Waals surface area contributed by atoms with Crippen molar-refractivity contribution in [3.05, 3.63) is 59.9 Å². The van der Waals surface area contributed by atoms with Gasteiger partial charge in [-0.25, -0.2) is 26.7 Å². The molecular weight excluding hydrogens is 402 g/mol. The summed E-state index contributed by atoms with van der Waals surface area (Å²) in [6.45, 7) is 0.925. The Morgan fingerprint density at radius 3 is 2.52 bits per heavy atom. The van der Waals surface area contributed by atoms with Crippen LogP contribution < -0.4 is 4.72 Å². The Kier molecular flexibility index (Phi) is 6.18. The Labute approximate surface area is 168 Å². The smallest absolute Gasteiger partial charge is 0.407 e. The van der Waals surface area contributed by atoms with Gasteiger partial charge in [0.25, 0.3) is 0 Å². The third-order valence-electron chi connectivity index (χ3n) is 5.11. The summed E-state index contributed by atoms with van der Waals surface area (Å²) >= 11 is 0. The maximum absolute atomic E-state index is 15.2. The van der Waals surface area contributed by atoms with Crippen LogP contribution in [0.25, 0.3) is 11.1 Å². The summed E-state index contributed by atoms with van der Waals surface area (Å²) < 4.78 is 55.9. The van der Waals surface area contributed by atoms with Crippen LogP contribution in [0.15, 0.2) is 48.5 Å². The van der Waals surface area contributed by atoms with Crippen molar-refractivity contribution in [1.29, 1.82) is 0 Å². The number of carboxylic acid groups (broad SMARTS) is 1. The van der Waals surface area contributed by atoms with Gasteiger partial charge in [0.2, 0.25) is 10.0 Å². The van der Waals surface area contributed by atoms with Gasteiger partial charge in [-0.3, -0.25) is 0 Å². The minimum atomic E-state index is -3.77. The van der Waals surface area contributed by atoms with Crippen LogP contribution >= 0.6 is 0 Å². The lowest BCUT2D eigenvalue weighted by molar-refractivity contribution is 0.136. The second-order valence-electron chi connectivity index (χ2n) is 6.91. The van der Waals surface area contributed by atoms with Crippen molar-refractivity contribution in [2.75, 3.05) is 12.3 Å². The molecule has 2 N–H and O–H groups in total. The molecule has 2 aromatic rings. The molecule has 1 fully saturated rings. The number of halogens is 2. The molecule has 1 heterocycles. The van der Waals surface area contributed by atoms with E-state index in [9.17, 15) is 22.7 Å². The highest BCUT2D eigenvalue weighted by Gasteiger charge is 2.46. The molecule has 0 bridgehead atoms. The normalized spacial score (nSPS) is 22.0. The van der Waals surface area contributed by atoms with Crippen molar-refractivity contribution in [3.8, 4) is 11.1 Å². The number of nitrogens with zero attached hydrogens (tertiary/aromatic N) is 1. The monoisotopic (exact) mass is 424 g/mol. The van der Waals surface area contributed by atoms with Gasteiger partial charge in [0, 0.05) is 5.56 Å². The number of alkyl halides is 1. The number of amides is 1. The summed E-state index contributed by atoms with van der Waals surface area (Å²) in [5.74, 6) is -0.808. The molecule has 1 aliphatic rings. The molecule has 156 valence electrons. The van der Waals surface area contributed by atoms with E-state index in [1.54, 1.807) is 42.5 Å². The molecule has 0 radical (unpaired) electrons. The minimum Gasteiger partial charge on any atom is -0.465 e. The predicted molar refractivity (Wildman–Crippen MR) is 105 cm³/mol. The molecule has 1 amide bonds. The van der Waals surface area contributed by atoms with Gasteiger partial charge in [-0.05, 0) is 24.5 Å². The van der Waals surface area contributed by atoms with Crippen molar-refractivity contribution in [2.24, 2.45) is 0 Å². The fourth-order valence-corrected chi connectivity index (χ4v) is 4.46. The van der Waals surface area contributed by atoms with Crippen molar-refractivity contribution < 1.29 is 27.1 Å². The van der Waals surface area contributed by atoms with Gasteiger partial charge in [0.1, 0.15) is 12.0 Å². The molecular formula is C20H22F2N2O4S. The van der Waals surface area contributed by atoms with Crippen LogP contribution in [0.1, 0.15) is 12.5 Å². The van der Waals surface area contributed by atoms with Crippen LogP contribution in [0.4, 0.5) is 13.6 Å². The van der Waals surface area contributed by atoms with E-state index in [4.69, 9.17) is 0 Å². The first kappa shape index (κ1) is 21.2. The fraction of sp³-hybridized carbons (Fsp3) is 0.350. The second kappa shape index (κ2) is 8.46. The number of rotatable bonds is 6. The Morgan fingerprint density at radius 1 is 1.21 bits per heavy atom. The third-order valence-corrected chi connectivity index (χ3v) is 6.50. The van der Waals surface area contributed by atoms with Crippen molar-refractivity contribution in [2.45, 2.75) is 31.6 Å². The molecule has 1 aliphatic heterocycles. The van der Waals surface area contributed by atoms with E-state index in [0.717, 1.165) is 4.90 Å². The van der Waals surface area contributed by atoms with Crippen LogP contribution in [0.2, 0.25) is 0 Å². The topological polar surface area (TPSA) is 86.7 Å². The van der Waals surface area contributed by atoms with Gasteiger partial charge in [0.05, 0.1) is 24.4 Å². The Hall–Kier alpha value is -2.52. The summed E-state index contributed by atoms with van der Waals surface area (Å²) in [5, 5.41) is 9.44. The van der Waals surface area contributed by atoms with Crippen molar-refractivity contribution in [1.82, 2.24) is 9.62 Å². The Bertz CT molecular complexity index is 985. The molecule has 3 rings (SSSR count). The molecule has 0 saturated carbocycles. The Balaban J connectivity index is 1.96. The van der Waals surface area contributed by atoms with Crippen LogP contribution in [-0.2, 0) is 16.4 Å². The lowest BCUT2D eigenvalue weighted by Gasteiger charge is -2.26. The van der Waals surface area contributed by atoms with E-state index in [1.165, 1.54) is 13.0 Å². The van der Waals surface area contributed by atoms with Crippen LogP contribution in [-0.4, -0.2) is 55.1 Å². The summed E-state index contributed by atoms with van der Waals surface area (Å²) in [6.07, 6.45) is -3.26. The maximum Gasteiger partial charge on any atom is 0.407 e. The highest BCUT2D eigenvalue weighted by Crippen LogP contribution is 2.30. The Morgan fingerprint density at radius 2 is 1.90 bits per heavy atom. The molecule has 0 unspecified atom stereocenters. The highest BCUT2D eigenvalue weighted by atomic mass is 32.2. The van der Waals surface area contributed by atoms with Gasteiger partial charge >= 0.3 is 6.09 Å². The van der Waals surface area contributed by atoms with E-state index in [0.29, 0.717) is 11.1 Å². The standard InChI is InChI=1S/C20H22F2N2O4S/c1-2-29(27,28)23-19-16(21)12-24(20(25)26)17(19)11-14-9-6-10-15(18(14)22)13-7-4-3-5-8-13/h3-10,16-17,19,23H,2,11-12H2,1H3,(H,25,26)/t16-,17-,19-/m0/s1. The average Bonchev–Trinajstić information content (AvgIpc) is 2.99. The van der Waals surface area contributed by atoms with Crippen molar-refractivity contribution >= 4 is 16.1 Å². The first-order valence-electron chi connectivity index (χ1n) is 9.20. The van der Waals surface area contributed by atoms with Crippen molar-refractivity contribution in [3.63, 3.8) is 0 Å². The molecule has 29 heavy (non-hydrogen) atoms. The zero-order valence-electron chi connectivity index (χ0n) is 15.8. The summed E-state index contributed by atoms with van der Waals surface area (Å²) in [6, 6.07) is 11.2. The number of hydrogen-bond acceptors (Lipinski definition) is 3. The first-order chi connectivity index (χ1) is 13.7. The van der Waals surface area contributed by atoms with E-state index < -0.39 is 46.7 Å². The maximum atomic E-state index is 15.2. The molecule has 9 heteroatoms. The van der Waals surface area contributed by atoms with E-state index in [2.05, 4.69) is 4.72 Å². The molecule has 6 nitrogen and oxygen atoms in total. The number of benzene rings is 2. The third kappa shape index (κ3) is 4.56. The van der Waals surface area contributed by atoms with E-state index in [1.807, 2.05) is 0 Å².